The van der Waals surface area contributed by atoms with Gasteiger partial charge in [0.25, 0.3) is 0 Å². The number of benzene rings is 2. The first-order valence-electron chi connectivity index (χ1n) is 8.47. The number of aryl methyl sites for hydroxylation is 1. The first-order valence-corrected chi connectivity index (χ1v) is 9.95. The van der Waals surface area contributed by atoms with Gasteiger partial charge in [0.2, 0.25) is 15.9 Å². The van der Waals surface area contributed by atoms with Crippen LogP contribution in [0.15, 0.2) is 53.4 Å². The molecule has 0 radical (unpaired) electrons. The van der Waals surface area contributed by atoms with Crippen molar-refractivity contribution in [2.24, 2.45) is 0 Å². The van der Waals surface area contributed by atoms with Crippen LogP contribution in [0.2, 0.25) is 0 Å². The number of carbonyl (C=O) groups is 1. The van der Waals surface area contributed by atoms with Gasteiger partial charge in [-0.2, -0.15) is 4.72 Å². The molecule has 0 fully saturated rings. The molecule has 0 saturated carbocycles. The third-order valence-corrected chi connectivity index (χ3v) is 5.45. The second kappa shape index (κ2) is 9.50. The molecule has 0 unspecified atom stereocenters. The first kappa shape index (κ1) is 20.9. The number of amides is 1. The van der Waals surface area contributed by atoms with E-state index in [1.807, 2.05) is 30.3 Å². The summed E-state index contributed by atoms with van der Waals surface area (Å²) >= 11 is 0. The molecule has 7 nitrogen and oxygen atoms in total. The Morgan fingerprint density at radius 1 is 1.19 bits per heavy atom. The molecule has 0 aromatic heterocycles. The van der Waals surface area contributed by atoms with Crippen molar-refractivity contribution in [3.8, 4) is 5.75 Å². The molecular formula is C19H24N2O5S. The van der Waals surface area contributed by atoms with Crippen LogP contribution >= 0.6 is 0 Å². The van der Waals surface area contributed by atoms with Crippen molar-refractivity contribution in [3.63, 3.8) is 0 Å². The molecule has 0 aliphatic heterocycles. The summed E-state index contributed by atoms with van der Waals surface area (Å²) in [6, 6.07) is 12.6. The summed E-state index contributed by atoms with van der Waals surface area (Å²) < 4.78 is 33.2. The molecule has 0 aliphatic carbocycles. The molecule has 3 N–H and O–H groups in total. The van der Waals surface area contributed by atoms with E-state index in [1.54, 1.807) is 13.0 Å². The maximum atomic E-state index is 12.8. The van der Waals surface area contributed by atoms with E-state index in [0.717, 1.165) is 5.56 Å². The van der Waals surface area contributed by atoms with Gasteiger partial charge in [0.1, 0.15) is 11.8 Å². The lowest BCUT2D eigenvalue weighted by Crippen LogP contribution is -2.48. The van der Waals surface area contributed by atoms with E-state index in [9.17, 15) is 13.2 Å². The second-order valence-electron chi connectivity index (χ2n) is 6.01. The topological polar surface area (TPSA) is 105 Å². The van der Waals surface area contributed by atoms with Crippen molar-refractivity contribution in [2.75, 3.05) is 20.3 Å². The number of carbonyl (C=O) groups excluding carboxylic acids is 1. The van der Waals surface area contributed by atoms with E-state index in [0.29, 0.717) is 11.3 Å². The molecule has 146 valence electrons. The van der Waals surface area contributed by atoms with E-state index >= 15 is 0 Å². The highest BCUT2D eigenvalue weighted by molar-refractivity contribution is 7.89. The molecule has 0 saturated heterocycles. The van der Waals surface area contributed by atoms with Gasteiger partial charge in [-0.1, -0.05) is 30.3 Å². The molecule has 0 bridgehead atoms. The van der Waals surface area contributed by atoms with E-state index in [2.05, 4.69) is 10.0 Å². The fraction of sp³-hybridized carbons (Fsp3) is 0.316. The summed E-state index contributed by atoms with van der Waals surface area (Å²) in [6.45, 7) is 1.56. The number of aliphatic hydroxyl groups excluding tert-OH is 1. The zero-order chi connectivity index (χ0) is 19.9. The lowest BCUT2D eigenvalue weighted by atomic mass is 10.1. The largest absolute Gasteiger partial charge is 0.496 e. The van der Waals surface area contributed by atoms with Crippen molar-refractivity contribution < 1.29 is 23.1 Å². The molecule has 0 spiro atoms. The SMILES string of the molecule is COc1ccc(S(=O)(=O)N[C@H](Cc2ccccc2)C(=O)NCCO)cc1C. The Morgan fingerprint density at radius 2 is 1.89 bits per heavy atom. The van der Waals surface area contributed by atoms with Crippen LogP contribution in [-0.4, -0.2) is 45.7 Å². The molecule has 2 aromatic rings. The van der Waals surface area contributed by atoms with Gasteiger partial charge in [0.15, 0.2) is 0 Å². The zero-order valence-electron chi connectivity index (χ0n) is 15.3. The molecule has 1 atom stereocenters. The van der Waals surface area contributed by atoms with E-state index in [-0.39, 0.29) is 24.5 Å². The maximum Gasteiger partial charge on any atom is 0.241 e. The summed E-state index contributed by atoms with van der Waals surface area (Å²) in [5.41, 5.74) is 1.49. The normalized spacial score (nSPS) is 12.4. The van der Waals surface area contributed by atoms with Gasteiger partial charge in [0, 0.05) is 6.54 Å². The number of methoxy groups -OCH3 is 1. The van der Waals surface area contributed by atoms with Crippen molar-refractivity contribution in [3.05, 3.63) is 59.7 Å². The quantitative estimate of drug-likeness (QED) is 0.591. The van der Waals surface area contributed by atoms with Crippen molar-refractivity contribution >= 4 is 15.9 Å². The van der Waals surface area contributed by atoms with Crippen LogP contribution < -0.4 is 14.8 Å². The van der Waals surface area contributed by atoms with Crippen LogP contribution in [0.25, 0.3) is 0 Å². The first-order chi connectivity index (χ1) is 12.9. The highest BCUT2D eigenvalue weighted by Crippen LogP contribution is 2.21. The smallest absolute Gasteiger partial charge is 0.241 e. The van der Waals surface area contributed by atoms with Gasteiger partial charge in [-0.15, -0.1) is 0 Å². The van der Waals surface area contributed by atoms with Crippen LogP contribution in [0, 0.1) is 6.92 Å². The van der Waals surface area contributed by atoms with Crippen LogP contribution in [0.3, 0.4) is 0 Å². The van der Waals surface area contributed by atoms with Gasteiger partial charge in [-0.05, 0) is 42.7 Å². The Balaban J connectivity index is 2.26. The summed E-state index contributed by atoms with van der Waals surface area (Å²) in [4.78, 5) is 12.5. The lowest BCUT2D eigenvalue weighted by molar-refractivity contribution is -0.122. The highest BCUT2D eigenvalue weighted by atomic mass is 32.2. The molecule has 0 heterocycles. The Kier molecular flexibility index (Phi) is 7.35. The summed E-state index contributed by atoms with van der Waals surface area (Å²) in [7, 11) is -2.42. The second-order valence-corrected chi connectivity index (χ2v) is 7.72. The average molecular weight is 392 g/mol. The third kappa shape index (κ3) is 5.78. The molecule has 0 aliphatic rings. The maximum absolute atomic E-state index is 12.8. The highest BCUT2D eigenvalue weighted by Gasteiger charge is 2.26. The molecule has 2 rings (SSSR count). The number of aliphatic hydroxyl groups is 1. The predicted octanol–water partition coefficient (Wildman–Crippen LogP) is 1.00. The van der Waals surface area contributed by atoms with Gasteiger partial charge in [0.05, 0.1) is 18.6 Å². The Morgan fingerprint density at radius 3 is 2.48 bits per heavy atom. The van der Waals surface area contributed by atoms with Crippen molar-refractivity contribution in [1.82, 2.24) is 10.0 Å². The van der Waals surface area contributed by atoms with Crippen LogP contribution in [0.1, 0.15) is 11.1 Å². The monoisotopic (exact) mass is 392 g/mol. The minimum absolute atomic E-state index is 0.0491. The van der Waals surface area contributed by atoms with Gasteiger partial charge in [-0.25, -0.2) is 8.42 Å². The van der Waals surface area contributed by atoms with Crippen LogP contribution in [0.4, 0.5) is 0 Å². The lowest BCUT2D eigenvalue weighted by Gasteiger charge is -2.19. The molecular weight excluding hydrogens is 368 g/mol. The number of rotatable bonds is 9. The summed E-state index contributed by atoms with van der Waals surface area (Å²) in [6.07, 6.45) is 0.187. The van der Waals surface area contributed by atoms with Crippen LogP contribution in [-0.2, 0) is 21.2 Å². The Hall–Kier alpha value is -2.42. The molecule has 8 heteroatoms. The summed E-state index contributed by atoms with van der Waals surface area (Å²) in [5.74, 6) is 0.0807. The van der Waals surface area contributed by atoms with E-state index < -0.39 is 22.0 Å². The number of hydrogen-bond acceptors (Lipinski definition) is 5. The Bertz CT molecular complexity index is 869. The van der Waals surface area contributed by atoms with Crippen molar-refractivity contribution in [1.29, 1.82) is 0 Å². The molecule has 27 heavy (non-hydrogen) atoms. The van der Waals surface area contributed by atoms with Gasteiger partial charge < -0.3 is 15.2 Å². The van der Waals surface area contributed by atoms with E-state index in [1.165, 1.54) is 19.2 Å². The fourth-order valence-electron chi connectivity index (χ4n) is 2.61. The minimum atomic E-state index is -3.93. The third-order valence-electron chi connectivity index (χ3n) is 3.98. The number of ether oxygens (including phenoxy) is 1. The average Bonchev–Trinajstić information content (AvgIpc) is 2.66. The zero-order valence-corrected chi connectivity index (χ0v) is 16.1. The van der Waals surface area contributed by atoms with Gasteiger partial charge >= 0.3 is 0 Å². The number of hydrogen-bond donors (Lipinski definition) is 3. The van der Waals surface area contributed by atoms with Gasteiger partial charge in [-0.3, -0.25) is 4.79 Å². The standard InChI is InChI=1S/C19H24N2O5S/c1-14-12-16(8-9-18(14)26-2)27(24,25)21-17(19(23)20-10-11-22)13-15-6-4-3-5-7-15/h3-9,12,17,21-22H,10-11,13H2,1-2H3,(H,20,23)/t17-/m1/s1. The van der Waals surface area contributed by atoms with Crippen LogP contribution in [0.5, 0.6) is 5.75 Å². The molecule has 2 aromatic carbocycles. The number of sulfonamides is 1. The molecule has 1 amide bonds. The minimum Gasteiger partial charge on any atom is -0.496 e. The predicted molar refractivity (Wildman–Crippen MR) is 102 cm³/mol. The Labute approximate surface area is 159 Å². The number of nitrogens with one attached hydrogen (secondary N) is 2. The summed E-state index contributed by atoms with van der Waals surface area (Å²) in [5, 5.41) is 11.4. The van der Waals surface area contributed by atoms with E-state index in [4.69, 9.17) is 9.84 Å². The fourth-order valence-corrected chi connectivity index (χ4v) is 3.89. The van der Waals surface area contributed by atoms with Crippen molar-refractivity contribution in [2.45, 2.75) is 24.3 Å².